The maximum absolute atomic E-state index is 13.0. The number of rotatable bonds is 16. The van der Waals surface area contributed by atoms with Gasteiger partial charge >= 0.3 is 17.9 Å². The van der Waals surface area contributed by atoms with Gasteiger partial charge in [-0.1, -0.05) is 34.1 Å². The number of aliphatic carboxylic acids is 3. The summed E-state index contributed by atoms with van der Waals surface area (Å²) >= 11 is 0. The lowest BCUT2D eigenvalue weighted by Crippen LogP contribution is -2.59. The average Bonchev–Trinajstić information content (AvgIpc) is 2.72. The van der Waals surface area contributed by atoms with E-state index in [2.05, 4.69) is 16.0 Å². The molecule has 0 spiro atoms. The van der Waals surface area contributed by atoms with Crippen LogP contribution in [0.1, 0.15) is 59.8 Å². The van der Waals surface area contributed by atoms with Crippen LogP contribution >= 0.6 is 0 Å². The lowest BCUT2D eigenvalue weighted by atomic mass is 9.96. The minimum absolute atomic E-state index is 0.0471. The van der Waals surface area contributed by atoms with Crippen LogP contribution in [0.5, 0.6) is 0 Å². The first-order valence-corrected chi connectivity index (χ1v) is 11.0. The van der Waals surface area contributed by atoms with Gasteiger partial charge in [-0.2, -0.15) is 0 Å². The van der Waals surface area contributed by atoms with E-state index in [9.17, 15) is 33.9 Å². The molecular weight excluding hydrogens is 452 g/mol. The summed E-state index contributed by atoms with van der Waals surface area (Å²) in [5.74, 6) is -6.88. The lowest BCUT2D eigenvalue weighted by molar-refractivity contribution is -0.147. The molecule has 0 aliphatic heterocycles. The summed E-state index contributed by atoms with van der Waals surface area (Å²) < 4.78 is 0. The smallest absolute Gasteiger partial charge is 0.326 e. The van der Waals surface area contributed by atoms with Crippen molar-refractivity contribution in [2.45, 2.75) is 84.0 Å². The minimum Gasteiger partial charge on any atom is -0.481 e. The topological polar surface area (TPSA) is 225 Å². The van der Waals surface area contributed by atoms with Crippen molar-refractivity contribution in [1.29, 1.82) is 0 Å². The summed E-state index contributed by atoms with van der Waals surface area (Å²) in [5.41, 5.74) is 5.71. The zero-order chi connectivity index (χ0) is 26.6. The molecule has 3 amide bonds. The number of carboxylic acid groups (broad SMARTS) is 3. The van der Waals surface area contributed by atoms with Crippen LogP contribution in [0.25, 0.3) is 0 Å². The van der Waals surface area contributed by atoms with Crippen LogP contribution in [0, 0.1) is 11.8 Å². The molecule has 0 saturated carbocycles. The van der Waals surface area contributed by atoms with Crippen LogP contribution in [-0.4, -0.2) is 75.1 Å². The Morgan fingerprint density at radius 2 is 1.35 bits per heavy atom. The third-order valence-corrected chi connectivity index (χ3v) is 5.13. The van der Waals surface area contributed by atoms with Gasteiger partial charge in [0.1, 0.15) is 18.1 Å². The van der Waals surface area contributed by atoms with E-state index in [1.54, 1.807) is 27.7 Å². The van der Waals surface area contributed by atoms with Crippen molar-refractivity contribution in [1.82, 2.24) is 16.0 Å². The number of nitrogens with two attached hydrogens (primary N) is 1. The third-order valence-electron chi connectivity index (χ3n) is 5.13. The van der Waals surface area contributed by atoms with Gasteiger partial charge in [0, 0.05) is 6.42 Å². The molecule has 34 heavy (non-hydrogen) atoms. The zero-order valence-corrected chi connectivity index (χ0v) is 19.9. The second kappa shape index (κ2) is 14.8. The van der Waals surface area contributed by atoms with E-state index in [0.29, 0.717) is 6.42 Å². The average molecular weight is 489 g/mol. The fourth-order valence-corrected chi connectivity index (χ4v) is 2.98. The van der Waals surface area contributed by atoms with E-state index < -0.39 is 72.1 Å². The van der Waals surface area contributed by atoms with Crippen LogP contribution in [-0.2, 0) is 28.8 Å². The normalized spacial score (nSPS) is 15.4. The molecule has 194 valence electrons. The molecule has 0 aliphatic carbocycles. The van der Waals surface area contributed by atoms with Gasteiger partial charge in [0.05, 0.1) is 12.5 Å². The molecule has 0 aliphatic rings. The molecule has 5 atom stereocenters. The number of amides is 3. The van der Waals surface area contributed by atoms with Crippen molar-refractivity contribution in [3.05, 3.63) is 0 Å². The van der Waals surface area contributed by atoms with Gasteiger partial charge in [-0.3, -0.25) is 24.0 Å². The molecule has 8 N–H and O–H groups in total. The monoisotopic (exact) mass is 488 g/mol. The summed E-state index contributed by atoms with van der Waals surface area (Å²) in [6, 6.07) is -5.12. The van der Waals surface area contributed by atoms with E-state index >= 15 is 0 Å². The van der Waals surface area contributed by atoms with Gasteiger partial charge in [-0.25, -0.2) is 4.79 Å². The van der Waals surface area contributed by atoms with Crippen LogP contribution in [0.4, 0.5) is 0 Å². The molecule has 13 nitrogen and oxygen atoms in total. The highest BCUT2D eigenvalue weighted by atomic mass is 16.4. The van der Waals surface area contributed by atoms with E-state index in [0.717, 1.165) is 0 Å². The molecule has 13 heteroatoms. The number of nitrogens with one attached hydrogen (secondary N) is 3. The Labute approximate surface area is 197 Å². The molecule has 0 aromatic rings. The molecule has 0 fully saturated rings. The Kier molecular flexibility index (Phi) is 13.4. The maximum atomic E-state index is 13.0. The zero-order valence-electron chi connectivity index (χ0n) is 19.9. The van der Waals surface area contributed by atoms with E-state index in [-0.39, 0.29) is 25.2 Å². The standard InChI is InChI=1S/C21H36N4O9/c1-5-11(4)17(20(32)24-14(21(33)34)9-16(28)29)25-19(31)13(8-10(2)3)23-18(30)12(22)6-7-15(26)27/h10-14,17H,5-9,22H2,1-4H3,(H,23,30)(H,24,32)(H,25,31)(H,26,27)(H,28,29)(H,33,34). The molecule has 0 rings (SSSR count). The third kappa shape index (κ3) is 11.6. The predicted octanol–water partition coefficient (Wildman–Crippen LogP) is -0.716. The predicted molar refractivity (Wildman–Crippen MR) is 119 cm³/mol. The van der Waals surface area contributed by atoms with Crippen molar-refractivity contribution >= 4 is 35.6 Å². The highest BCUT2D eigenvalue weighted by Gasteiger charge is 2.33. The van der Waals surface area contributed by atoms with Crippen LogP contribution in [0.3, 0.4) is 0 Å². The SMILES string of the molecule is CCC(C)C(NC(=O)C(CC(C)C)NC(=O)C(N)CCC(=O)O)C(=O)NC(CC(=O)O)C(=O)O. The highest BCUT2D eigenvalue weighted by molar-refractivity contribution is 5.94. The van der Waals surface area contributed by atoms with Crippen LogP contribution in [0.15, 0.2) is 0 Å². The van der Waals surface area contributed by atoms with Gasteiger partial charge < -0.3 is 37.0 Å². The molecule has 0 heterocycles. The highest BCUT2D eigenvalue weighted by Crippen LogP contribution is 2.12. The molecule has 0 aromatic carbocycles. The number of hydrogen-bond acceptors (Lipinski definition) is 7. The van der Waals surface area contributed by atoms with Crippen molar-refractivity contribution in [2.24, 2.45) is 17.6 Å². The maximum Gasteiger partial charge on any atom is 0.326 e. The Hall–Kier alpha value is -3.22. The fourth-order valence-electron chi connectivity index (χ4n) is 2.98. The first-order chi connectivity index (χ1) is 15.7. The summed E-state index contributed by atoms with van der Waals surface area (Å²) in [6.07, 6.45) is -0.685. The summed E-state index contributed by atoms with van der Waals surface area (Å²) in [7, 11) is 0. The Balaban J connectivity index is 5.55. The fraction of sp³-hybridized carbons (Fsp3) is 0.714. The van der Waals surface area contributed by atoms with Crippen LogP contribution in [0.2, 0.25) is 0 Å². The molecular formula is C21H36N4O9. The number of hydrogen-bond donors (Lipinski definition) is 7. The minimum atomic E-state index is -1.69. The second-order valence-electron chi connectivity index (χ2n) is 8.60. The Morgan fingerprint density at radius 3 is 1.79 bits per heavy atom. The quantitative estimate of drug-likeness (QED) is 0.144. The van der Waals surface area contributed by atoms with E-state index in [4.69, 9.17) is 15.9 Å². The summed E-state index contributed by atoms with van der Waals surface area (Å²) in [6.45, 7) is 7.01. The first kappa shape index (κ1) is 30.8. The number of carboxylic acids is 3. The van der Waals surface area contributed by atoms with Crippen molar-refractivity contribution in [3.63, 3.8) is 0 Å². The van der Waals surface area contributed by atoms with Crippen molar-refractivity contribution in [3.8, 4) is 0 Å². The van der Waals surface area contributed by atoms with Crippen molar-refractivity contribution in [2.75, 3.05) is 0 Å². The Bertz CT molecular complexity index is 757. The molecule has 0 radical (unpaired) electrons. The Morgan fingerprint density at radius 1 is 0.794 bits per heavy atom. The van der Waals surface area contributed by atoms with E-state index in [1.165, 1.54) is 0 Å². The van der Waals surface area contributed by atoms with Crippen molar-refractivity contribution < 1.29 is 44.1 Å². The van der Waals surface area contributed by atoms with Gasteiger partial charge in [0.15, 0.2) is 0 Å². The summed E-state index contributed by atoms with van der Waals surface area (Å²) in [5, 5.41) is 34.0. The summed E-state index contributed by atoms with van der Waals surface area (Å²) in [4.78, 5) is 71.0. The van der Waals surface area contributed by atoms with Gasteiger partial charge in [0.2, 0.25) is 17.7 Å². The lowest BCUT2D eigenvalue weighted by Gasteiger charge is -2.28. The molecule has 0 bridgehead atoms. The molecule has 0 saturated heterocycles. The number of carbonyl (C=O) groups is 6. The number of carbonyl (C=O) groups excluding carboxylic acids is 3. The first-order valence-electron chi connectivity index (χ1n) is 11.0. The second-order valence-corrected chi connectivity index (χ2v) is 8.60. The molecule has 5 unspecified atom stereocenters. The van der Waals surface area contributed by atoms with E-state index in [1.807, 2.05) is 0 Å². The van der Waals surface area contributed by atoms with Gasteiger partial charge in [0.25, 0.3) is 0 Å². The largest absolute Gasteiger partial charge is 0.481 e. The van der Waals surface area contributed by atoms with Crippen LogP contribution < -0.4 is 21.7 Å². The van der Waals surface area contributed by atoms with Gasteiger partial charge in [-0.05, 0) is 24.7 Å². The van der Waals surface area contributed by atoms with Gasteiger partial charge in [-0.15, -0.1) is 0 Å². The molecule has 0 aromatic heterocycles.